The molecule has 0 bridgehead atoms. The lowest BCUT2D eigenvalue weighted by molar-refractivity contribution is 0.0743. The summed E-state index contributed by atoms with van der Waals surface area (Å²) in [6.45, 7) is 5.44. The summed E-state index contributed by atoms with van der Waals surface area (Å²) < 4.78 is 12.8. The molecule has 4 heteroatoms. The molecular weight excluding hydrogens is 243 g/mol. The Hall–Kier alpha value is -1.26. The molecule has 104 valence electrons. The Morgan fingerprint density at radius 1 is 1.32 bits per heavy atom. The zero-order chi connectivity index (χ0) is 13.8. The first-order chi connectivity index (χ1) is 9.10. The van der Waals surface area contributed by atoms with Crippen LogP contribution in [0.2, 0.25) is 0 Å². The minimum atomic E-state index is -0.304. The predicted molar refractivity (Wildman–Crippen MR) is 73.9 cm³/mol. The van der Waals surface area contributed by atoms with Crippen LogP contribution in [-0.2, 0) is 0 Å². The molecule has 1 aliphatic heterocycles. The molecule has 1 aliphatic rings. The van der Waals surface area contributed by atoms with Crippen molar-refractivity contribution >= 4 is 5.78 Å². The second kappa shape index (κ2) is 6.26. The van der Waals surface area contributed by atoms with Gasteiger partial charge < -0.3 is 4.90 Å². The standard InChI is InChI=1S/C15H21FN2O/c1-3-14-10-18(9-8-17(14)2)11-15(19)12-4-6-13(16)7-5-12/h4-7,14H,3,8-11H2,1-2H3. The lowest BCUT2D eigenvalue weighted by atomic mass is 10.1. The Labute approximate surface area is 114 Å². The van der Waals surface area contributed by atoms with Crippen molar-refractivity contribution in [2.45, 2.75) is 19.4 Å². The van der Waals surface area contributed by atoms with Crippen LogP contribution in [0.15, 0.2) is 24.3 Å². The van der Waals surface area contributed by atoms with E-state index in [4.69, 9.17) is 0 Å². The fourth-order valence-electron chi connectivity index (χ4n) is 2.52. The summed E-state index contributed by atoms with van der Waals surface area (Å²) in [4.78, 5) is 16.7. The van der Waals surface area contributed by atoms with Crippen LogP contribution in [0.5, 0.6) is 0 Å². The van der Waals surface area contributed by atoms with Crippen LogP contribution >= 0.6 is 0 Å². The van der Waals surface area contributed by atoms with E-state index in [1.807, 2.05) is 0 Å². The Bertz CT molecular complexity index is 432. The molecule has 0 radical (unpaired) electrons. The van der Waals surface area contributed by atoms with Gasteiger partial charge >= 0.3 is 0 Å². The number of hydrogen-bond acceptors (Lipinski definition) is 3. The van der Waals surface area contributed by atoms with Gasteiger partial charge in [-0.1, -0.05) is 6.92 Å². The highest BCUT2D eigenvalue weighted by Gasteiger charge is 2.24. The summed E-state index contributed by atoms with van der Waals surface area (Å²) in [5, 5.41) is 0. The molecule has 1 aromatic rings. The van der Waals surface area contributed by atoms with E-state index in [1.54, 1.807) is 12.1 Å². The Morgan fingerprint density at radius 2 is 2.00 bits per heavy atom. The second-order valence-corrected chi connectivity index (χ2v) is 5.21. The Morgan fingerprint density at radius 3 is 2.63 bits per heavy atom. The van der Waals surface area contributed by atoms with Crippen LogP contribution in [0.3, 0.4) is 0 Å². The van der Waals surface area contributed by atoms with Gasteiger partial charge in [0.25, 0.3) is 0 Å². The molecule has 1 unspecified atom stereocenters. The van der Waals surface area contributed by atoms with Crippen molar-refractivity contribution in [1.29, 1.82) is 0 Å². The van der Waals surface area contributed by atoms with E-state index in [9.17, 15) is 9.18 Å². The van der Waals surface area contributed by atoms with Crippen molar-refractivity contribution in [2.75, 3.05) is 33.2 Å². The van der Waals surface area contributed by atoms with E-state index < -0.39 is 0 Å². The quantitative estimate of drug-likeness (QED) is 0.778. The number of hydrogen-bond donors (Lipinski definition) is 0. The molecule has 1 heterocycles. The van der Waals surface area contributed by atoms with Gasteiger partial charge in [-0.2, -0.15) is 0 Å². The molecule has 1 saturated heterocycles. The number of ketones is 1. The van der Waals surface area contributed by atoms with Crippen molar-refractivity contribution in [3.63, 3.8) is 0 Å². The maximum absolute atomic E-state index is 12.8. The Kier molecular flexibility index (Phi) is 4.66. The third kappa shape index (κ3) is 3.61. The number of carbonyl (C=O) groups excluding carboxylic acids is 1. The minimum absolute atomic E-state index is 0.0689. The number of benzene rings is 1. The van der Waals surface area contributed by atoms with Crippen molar-refractivity contribution in [3.05, 3.63) is 35.6 Å². The van der Waals surface area contributed by atoms with Crippen LogP contribution in [-0.4, -0.2) is 54.9 Å². The number of nitrogens with zero attached hydrogens (tertiary/aromatic N) is 2. The maximum atomic E-state index is 12.8. The average Bonchev–Trinajstić information content (AvgIpc) is 2.41. The highest BCUT2D eigenvalue weighted by molar-refractivity contribution is 5.97. The van der Waals surface area contributed by atoms with Gasteiger partial charge in [0.2, 0.25) is 0 Å². The van der Waals surface area contributed by atoms with Gasteiger partial charge in [0.15, 0.2) is 5.78 Å². The summed E-state index contributed by atoms with van der Waals surface area (Å²) in [7, 11) is 2.13. The number of piperazine rings is 1. The van der Waals surface area contributed by atoms with Gasteiger partial charge in [-0.25, -0.2) is 4.39 Å². The van der Waals surface area contributed by atoms with Crippen molar-refractivity contribution < 1.29 is 9.18 Å². The van der Waals surface area contributed by atoms with Crippen LogP contribution in [0.4, 0.5) is 4.39 Å². The summed E-state index contributed by atoms with van der Waals surface area (Å²) in [6.07, 6.45) is 1.09. The Balaban J connectivity index is 1.94. The van der Waals surface area contributed by atoms with Gasteiger partial charge in [-0.3, -0.25) is 9.69 Å². The monoisotopic (exact) mass is 264 g/mol. The second-order valence-electron chi connectivity index (χ2n) is 5.21. The van der Waals surface area contributed by atoms with Crippen molar-refractivity contribution in [3.8, 4) is 0 Å². The maximum Gasteiger partial charge on any atom is 0.176 e. The molecule has 0 spiro atoms. The number of halogens is 1. The third-order valence-corrected chi connectivity index (χ3v) is 3.87. The van der Waals surface area contributed by atoms with E-state index >= 15 is 0 Å². The molecular formula is C15H21FN2O. The van der Waals surface area contributed by atoms with Crippen LogP contribution in [0, 0.1) is 5.82 Å². The van der Waals surface area contributed by atoms with E-state index in [-0.39, 0.29) is 11.6 Å². The summed E-state index contributed by atoms with van der Waals surface area (Å²) in [5.41, 5.74) is 0.591. The van der Waals surface area contributed by atoms with Gasteiger partial charge in [0, 0.05) is 31.2 Å². The van der Waals surface area contributed by atoms with Crippen LogP contribution in [0.1, 0.15) is 23.7 Å². The third-order valence-electron chi connectivity index (χ3n) is 3.87. The first kappa shape index (κ1) is 14.2. The topological polar surface area (TPSA) is 23.6 Å². The summed E-state index contributed by atoms with van der Waals surface area (Å²) in [6, 6.07) is 6.32. The van der Waals surface area contributed by atoms with Gasteiger partial charge in [0.05, 0.1) is 6.54 Å². The number of likely N-dealkylation sites (N-methyl/N-ethyl adjacent to an activating group) is 1. The van der Waals surface area contributed by atoms with Gasteiger partial charge in [0.1, 0.15) is 5.82 Å². The fourth-order valence-corrected chi connectivity index (χ4v) is 2.52. The van der Waals surface area contributed by atoms with E-state index in [2.05, 4.69) is 23.8 Å². The van der Waals surface area contributed by atoms with Gasteiger partial charge in [-0.05, 0) is 37.7 Å². The smallest absolute Gasteiger partial charge is 0.176 e. The lowest BCUT2D eigenvalue weighted by Gasteiger charge is -2.38. The van der Waals surface area contributed by atoms with Crippen LogP contribution in [0.25, 0.3) is 0 Å². The van der Waals surface area contributed by atoms with E-state index in [0.29, 0.717) is 18.2 Å². The molecule has 19 heavy (non-hydrogen) atoms. The highest BCUT2D eigenvalue weighted by atomic mass is 19.1. The molecule has 2 rings (SSSR count). The van der Waals surface area contributed by atoms with Crippen molar-refractivity contribution in [1.82, 2.24) is 9.80 Å². The first-order valence-electron chi connectivity index (χ1n) is 6.81. The van der Waals surface area contributed by atoms with E-state index in [1.165, 1.54) is 12.1 Å². The normalized spacial score (nSPS) is 21.5. The van der Waals surface area contributed by atoms with Crippen molar-refractivity contribution in [2.24, 2.45) is 0 Å². The zero-order valence-electron chi connectivity index (χ0n) is 11.6. The van der Waals surface area contributed by atoms with Gasteiger partial charge in [-0.15, -0.1) is 0 Å². The molecule has 1 fully saturated rings. The molecule has 0 aliphatic carbocycles. The minimum Gasteiger partial charge on any atom is -0.301 e. The largest absolute Gasteiger partial charge is 0.301 e. The average molecular weight is 264 g/mol. The molecule has 3 nitrogen and oxygen atoms in total. The number of Topliss-reactive ketones (excluding diaryl/α,β-unsaturated/α-hetero) is 1. The molecule has 0 saturated carbocycles. The molecule has 1 aromatic carbocycles. The first-order valence-corrected chi connectivity index (χ1v) is 6.81. The van der Waals surface area contributed by atoms with Crippen LogP contribution < -0.4 is 0 Å². The fraction of sp³-hybridized carbons (Fsp3) is 0.533. The number of carbonyl (C=O) groups is 1. The molecule has 0 aromatic heterocycles. The lowest BCUT2D eigenvalue weighted by Crippen LogP contribution is -2.52. The molecule has 0 N–H and O–H groups in total. The predicted octanol–water partition coefficient (Wildman–Crippen LogP) is 2.03. The highest BCUT2D eigenvalue weighted by Crippen LogP contribution is 2.12. The summed E-state index contributed by atoms with van der Waals surface area (Å²) >= 11 is 0. The number of rotatable bonds is 4. The zero-order valence-corrected chi connectivity index (χ0v) is 11.6. The molecule has 0 amide bonds. The molecule has 1 atom stereocenters. The SMILES string of the molecule is CCC1CN(CC(=O)c2ccc(F)cc2)CCN1C. The van der Waals surface area contributed by atoms with E-state index in [0.717, 1.165) is 26.1 Å². The summed E-state index contributed by atoms with van der Waals surface area (Å²) in [5.74, 6) is -0.235.